The number of aromatic nitrogens is 2. The number of amides is 1. The average molecular weight is 473 g/mol. The van der Waals surface area contributed by atoms with E-state index in [0.717, 1.165) is 28.1 Å². The lowest BCUT2D eigenvalue weighted by Gasteiger charge is -2.34. The number of nitrogens with one attached hydrogen (secondary N) is 1. The smallest absolute Gasteiger partial charge is 0.248 e. The lowest BCUT2D eigenvalue weighted by molar-refractivity contribution is -0.120. The Morgan fingerprint density at radius 3 is 2.53 bits per heavy atom. The summed E-state index contributed by atoms with van der Waals surface area (Å²) in [7, 11) is 0. The number of aryl methyl sites for hydroxylation is 2. The van der Waals surface area contributed by atoms with Crippen molar-refractivity contribution in [3.63, 3.8) is 0 Å². The summed E-state index contributed by atoms with van der Waals surface area (Å²) in [6.45, 7) is 4.28. The SMILES string of the molecule is Cc1cccc(CN2C(=O)C3(C(C#N)=C(N)Nc4c3c(C)nn4-c3ccccc3)c3ccccc32)c1. The summed E-state index contributed by atoms with van der Waals surface area (Å²) in [4.78, 5) is 16.4. The van der Waals surface area contributed by atoms with Crippen LogP contribution < -0.4 is 16.0 Å². The summed E-state index contributed by atoms with van der Waals surface area (Å²) >= 11 is 0. The first-order chi connectivity index (χ1) is 17.5. The van der Waals surface area contributed by atoms with Crippen LogP contribution >= 0.6 is 0 Å². The van der Waals surface area contributed by atoms with E-state index in [0.29, 0.717) is 23.6 Å². The van der Waals surface area contributed by atoms with E-state index in [1.54, 1.807) is 9.58 Å². The highest BCUT2D eigenvalue weighted by Crippen LogP contribution is 2.55. The zero-order chi connectivity index (χ0) is 25.0. The van der Waals surface area contributed by atoms with Crippen LogP contribution in [0.4, 0.5) is 11.5 Å². The number of carbonyl (C=O) groups is 1. The van der Waals surface area contributed by atoms with E-state index in [-0.39, 0.29) is 17.3 Å². The minimum atomic E-state index is -1.39. The third-order valence-corrected chi connectivity index (χ3v) is 7.03. The first kappa shape index (κ1) is 21.7. The highest BCUT2D eigenvalue weighted by Gasteiger charge is 2.60. The fourth-order valence-corrected chi connectivity index (χ4v) is 5.60. The molecule has 0 fully saturated rings. The van der Waals surface area contributed by atoms with Crippen molar-refractivity contribution in [2.45, 2.75) is 25.8 Å². The third kappa shape index (κ3) is 2.85. The molecule has 1 atom stereocenters. The molecule has 4 aromatic rings. The molecule has 1 unspecified atom stereocenters. The molecule has 1 spiro atoms. The number of nitriles is 1. The molecule has 3 N–H and O–H groups in total. The lowest BCUT2D eigenvalue weighted by Crippen LogP contribution is -2.46. The second-order valence-electron chi connectivity index (χ2n) is 9.23. The molecule has 0 saturated heterocycles. The number of fused-ring (bicyclic) bond motifs is 4. The van der Waals surface area contributed by atoms with Crippen molar-refractivity contribution >= 4 is 17.4 Å². The molecule has 6 rings (SSSR count). The summed E-state index contributed by atoms with van der Waals surface area (Å²) in [6, 6.07) is 27.7. The van der Waals surface area contributed by atoms with E-state index in [1.807, 2.05) is 86.6 Å². The molecule has 1 amide bonds. The molecule has 7 heteroatoms. The van der Waals surface area contributed by atoms with Crippen molar-refractivity contribution in [2.24, 2.45) is 5.73 Å². The zero-order valence-corrected chi connectivity index (χ0v) is 20.0. The van der Waals surface area contributed by atoms with Gasteiger partial charge < -0.3 is 16.0 Å². The van der Waals surface area contributed by atoms with Crippen molar-refractivity contribution in [1.29, 1.82) is 5.26 Å². The van der Waals surface area contributed by atoms with Crippen molar-refractivity contribution in [1.82, 2.24) is 9.78 Å². The van der Waals surface area contributed by atoms with Crippen LogP contribution in [0, 0.1) is 25.2 Å². The molecule has 2 aliphatic rings. The highest BCUT2D eigenvalue weighted by molar-refractivity contribution is 6.15. The second-order valence-corrected chi connectivity index (χ2v) is 9.23. The van der Waals surface area contributed by atoms with Gasteiger partial charge in [-0.25, -0.2) is 4.68 Å². The number of para-hydroxylation sites is 2. The lowest BCUT2D eigenvalue weighted by atomic mass is 9.68. The van der Waals surface area contributed by atoms with Crippen molar-refractivity contribution in [2.75, 3.05) is 10.2 Å². The maximum Gasteiger partial charge on any atom is 0.248 e. The van der Waals surface area contributed by atoms with Gasteiger partial charge in [-0.3, -0.25) is 4.79 Å². The molecule has 0 bridgehead atoms. The standard InChI is InChI=1S/C29H24N6O/c1-18-9-8-10-20(15-18)17-34-24-14-7-6-13-22(24)29(28(34)36)23(16-30)26(31)32-27-25(29)19(2)33-35(27)21-11-4-3-5-12-21/h3-15,32H,17,31H2,1-2H3. The van der Waals surface area contributed by atoms with E-state index < -0.39 is 5.41 Å². The van der Waals surface area contributed by atoms with Crippen LogP contribution in [0.3, 0.4) is 0 Å². The van der Waals surface area contributed by atoms with Gasteiger partial charge in [0.25, 0.3) is 0 Å². The molecule has 0 aliphatic carbocycles. The molecule has 7 nitrogen and oxygen atoms in total. The minimum absolute atomic E-state index is 0.155. The number of nitrogens with zero attached hydrogens (tertiary/aromatic N) is 4. The Labute approximate surface area is 209 Å². The van der Waals surface area contributed by atoms with Gasteiger partial charge in [-0.05, 0) is 37.6 Å². The topological polar surface area (TPSA) is 100.0 Å². The summed E-state index contributed by atoms with van der Waals surface area (Å²) < 4.78 is 1.76. The molecule has 0 saturated carbocycles. The van der Waals surface area contributed by atoms with Gasteiger partial charge in [0.2, 0.25) is 5.91 Å². The van der Waals surface area contributed by atoms with Gasteiger partial charge >= 0.3 is 0 Å². The number of hydrogen-bond donors (Lipinski definition) is 2. The maximum atomic E-state index is 14.6. The first-order valence-electron chi connectivity index (χ1n) is 11.8. The molecule has 176 valence electrons. The summed E-state index contributed by atoms with van der Waals surface area (Å²) in [5.74, 6) is 0.543. The molecule has 0 radical (unpaired) electrons. The molecule has 3 aromatic carbocycles. The molecular weight excluding hydrogens is 448 g/mol. The number of carbonyl (C=O) groups excluding carboxylic acids is 1. The monoisotopic (exact) mass is 472 g/mol. The van der Waals surface area contributed by atoms with Crippen LogP contribution in [-0.4, -0.2) is 15.7 Å². The summed E-state index contributed by atoms with van der Waals surface area (Å²) in [6.07, 6.45) is 0. The van der Waals surface area contributed by atoms with Gasteiger partial charge in [0.1, 0.15) is 23.1 Å². The number of hydrogen-bond acceptors (Lipinski definition) is 5. The van der Waals surface area contributed by atoms with Gasteiger partial charge in [0.15, 0.2) is 0 Å². The average Bonchev–Trinajstić information content (AvgIpc) is 3.33. The van der Waals surface area contributed by atoms with Crippen LogP contribution in [-0.2, 0) is 16.8 Å². The first-order valence-corrected chi connectivity index (χ1v) is 11.8. The van der Waals surface area contributed by atoms with Gasteiger partial charge in [0.05, 0.1) is 23.5 Å². The van der Waals surface area contributed by atoms with Crippen LogP contribution in [0.15, 0.2) is 90.3 Å². The van der Waals surface area contributed by atoms with Crippen molar-refractivity contribution in [3.05, 3.63) is 118 Å². The summed E-state index contributed by atoms with van der Waals surface area (Å²) in [5.41, 5.74) is 11.1. The van der Waals surface area contributed by atoms with E-state index in [4.69, 9.17) is 10.8 Å². The molecule has 36 heavy (non-hydrogen) atoms. The quantitative estimate of drug-likeness (QED) is 0.459. The Hall–Kier alpha value is -4.83. The van der Waals surface area contributed by atoms with E-state index in [9.17, 15) is 10.1 Å². The highest BCUT2D eigenvalue weighted by atomic mass is 16.2. The van der Waals surface area contributed by atoms with Crippen LogP contribution in [0.5, 0.6) is 0 Å². The Morgan fingerprint density at radius 1 is 1.03 bits per heavy atom. The minimum Gasteiger partial charge on any atom is -0.384 e. The van der Waals surface area contributed by atoms with Gasteiger partial charge in [-0.1, -0.05) is 66.2 Å². The summed E-state index contributed by atoms with van der Waals surface area (Å²) in [5, 5.41) is 18.3. The second kappa shape index (κ2) is 7.85. The van der Waals surface area contributed by atoms with Gasteiger partial charge in [0, 0.05) is 16.8 Å². The van der Waals surface area contributed by atoms with Crippen molar-refractivity contribution < 1.29 is 4.79 Å². The molecule has 1 aromatic heterocycles. The Morgan fingerprint density at radius 2 is 1.78 bits per heavy atom. The normalized spacial score (nSPS) is 18.1. The van der Waals surface area contributed by atoms with Gasteiger partial charge in [-0.15, -0.1) is 0 Å². The van der Waals surface area contributed by atoms with Crippen LogP contribution in [0.1, 0.15) is 27.9 Å². The number of benzene rings is 3. The Balaban J connectivity index is 1.63. The molecular formula is C29H24N6O. The maximum absolute atomic E-state index is 14.6. The predicted octanol–water partition coefficient (Wildman–Crippen LogP) is 4.44. The van der Waals surface area contributed by atoms with Crippen LogP contribution in [0.2, 0.25) is 0 Å². The number of nitrogens with two attached hydrogens (primary N) is 1. The van der Waals surface area contributed by atoms with E-state index >= 15 is 0 Å². The third-order valence-electron chi connectivity index (χ3n) is 7.03. The molecule has 2 aliphatic heterocycles. The number of anilines is 2. The Kier molecular flexibility index (Phi) is 4.73. The fraction of sp³-hybridized carbons (Fsp3) is 0.138. The van der Waals surface area contributed by atoms with Gasteiger partial charge in [-0.2, -0.15) is 10.4 Å². The largest absolute Gasteiger partial charge is 0.384 e. The Bertz CT molecular complexity index is 1610. The van der Waals surface area contributed by atoms with E-state index in [2.05, 4.69) is 17.5 Å². The predicted molar refractivity (Wildman–Crippen MR) is 138 cm³/mol. The zero-order valence-electron chi connectivity index (χ0n) is 20.0. The van der Waals surface area contributed by atoms with Crippen LogP contribution in [0.25, 0.3) is 5.69 Å². The fourth-order valence-electron chi connectivity index (χ4n) is 5.60. The van der Waals surface area contributed by atoms with E-state index in [1.165, 1.54) is 0 Å². The van der Waals surface area contributed by atoms with Crippen molar-refractivity contribution in [3.8, 4) is 11.8 Å². The molecule has 3 heterocycles. The number of rotatable bonds is 3.